The maximum atomic E-state index is 12.5. The van der Waals surface area contributed by atoms with Crippen molar-refractivity contribution in [3.05, 3.63) is 18.3 Å². The maximum Gasteiger partial charge on any atom is 0.243 e. The lowest BCUT2D eigenvalue weighted by molar-refractivity contribution is 0.342. The highest BCUT2D eigenvalue weighted by Gasteiger charge is 2.29. The molecular weight excluding hydrogens is 250 g/mol. The third kappa shape index (κ3) is 2.64. The fourth-order valence-corrected chi connectivity index (χ4v) is 4.05. The van der Waals surface area contributed by atoms with E-state index in [9.17, 15) is 8.42 Å². The summed E-state index contributed by atoms with van der Waals surface area (Å²) in [6.45, 7) is 2.55. The number of nitrogens with zero attached hydrogens (tertiary/aromatic N) is 2. The quantitative estimate of drug-likeness (QED) is 0.885. The average molecular weight is 269 g/mol. The van der Waals surface area contributed by atoms with Gasteiger partial charge in [0.2, 0.25) is 10.0 Å². The first kappa shape index (κ1) is 13.3. The molecule has 100 valence electrons. The van der Waals surface area contributed by atoms with Gasteiger partial charge >= 0.3 is 0 Å². The Labute approximate surface area is 108 Å². The molecule has 0 bridgehead atoms. The molecule has 1 atom stereocenters. The Bertz CT molecular complexity index is 516. The van der Waals surface area contributed by atoms with Gasteiger partial charge in [-0.25, -0.2) is 13.4 Å². The van der Waals surface area contributed by atoms with Gasteiger partial charge in [-0.3, -0.25) is 0 Å². The Morgan fingerprint density at radius 1 is 1.39 bits per heavy atom. The lowest BCUT2D eigenvalue weighted by Crippen LogP contribution is -2.38. The van der Waals surface area contributed by atoms with E-state index in [1.807, 2.05) is 6.92 Å². The summed E-state index contributed by atoms with van der Waals surface area (Å²) < 4.78 is 26.7. The molecule has 6 heteroatoms. The minimum atomic E-state index is -3.44. The molecular formula is C12H19N3O2S. The number of nitrogen functional groups attached to an aromatic ring is 1. The van der Waals surface area contributed by atoms with Crippen molar-refractivity contribution < 1.29 is 8.42 Å². The molecule has 0 aromatic carbocycles. The van der Waals surface area contributed by atoms with Crippen LogP contribution in [0.1, 0.15) is 32.6 Å². The highest BCUT2D eigenvalue weighted by molar-refractivity contribution is 7.89. The zero-order valence-corrected chi connectivity index (χ0v) is 11.4. The van der Waals surface area contributed by atoms with Gasteiger partial charge in [0.05, 0.1) is 4.90 Å². The number of nitrogens with two attached hydrogens (primary N) is 1. The lowest BCUT2D eigenvalue weighted by atomic mass is 10.1. The zero-order valence-electron chi connectivity index (χ0n) is 10.5. The van der Waals surface area contributed by atoms with Crippen LogP contribution in [0.25, 0.3) is 0 Å². The molecule has 0 amide bonds. The standard InChI is InChI=1S/C12H19N3O2S/c1-10-5-3-2-4-8-15(10)18(16,17)11-6-7-14-12(13)9-11/h6-7,9-10H,2-5,8H2,1H3,(H2,13,14). The number of pyridine rings is 1. The third-order valence-electron chi connectivity index (χ3n) is 3.35. The van der Waals surface area contributed by atoms with Crippen LogP contribution in [0.2, 0.25) is 0 Å². The van der Waals surface area contributed by atoms with Gasteiger partial charge in [-0.2, -0.15) is 4.31 Å². The molecule has 0 saturated carbocycles. The molecule has 1 aliphatic rings. The molecule has 2 N–H and O–H groups in total. The summed E-state index contributed by atoms with van der Waals surface area (Å²) >= 11 is 0. The van der Waals surface area contributed by atoms with E-state index in [1.165, 1.54) is 18.3 Å². The Kier molecular flexibility index (Phi) is 3.87. The molecule has 2 rings (SSSR count). The summed E-state index contributed by atoms with van der Waals surface area (Å²) in [7, 11) is -3.44. The molecule has 18 heavy (non-hydrogen) atoms. The van der Waals surface area contributed by atoms with E-state index in [2.05, 4.69) is 4.98 Å². The van der Waals surface area contributed by atoms with Crippen molar-refractivity contribution in [2.75, 3.05) is 12.3 Å². The number of hydrogen-bond acceptors (Lipinski definition) is 4. The molecule has 2 heterocycles. The minimum Gasteiger partial charge on any atom is -0.384 e. The van der Waals surface area contributed by atoms with Gasteiger partial charge in [-0.05, 0) is 25.8 Å². The second kappa shape index (κ2) is 5.24. The average Bonchev–Trinajstić information content (AvgIpc) is 2.54. The Hall–Kier alpha value is -1.14. The predicted octanol–water partition coefficient (Wildman–Crippen LogP) is 1.62. The number of rotatable bonds is 2. The maximum absolute atomic E-state index is 12.5. The fourth-order valence-electron chi connectivity index (χ4n) is 2.33. The van der Waals surface area contributed by atoms with Crippen molar-refractivity contribution in [2.24, 2.45) is 0 Å². The van der Waals surface area contributed by atoms with Crippen LogP contribution >= 0.6 is 0 Å². The molecule has 5 nitrogen and oxygen atoms in total. The van der Waals surface area contributed by atoms with Gasteiger partial charge in [0.25, 0.3) is 0 Å². The molecule has 1 saturated heterocycles. The minimum absolute atomic E-state index is 0.0480. The Balaban J connectivity index is 2.35. The van der Waals surface area contributed by atoms with Gasteiger partial charge in [0.15, 0.2) is 0 Å². The van der Waals surface area contributed by atoms with Gasteiger partial charge in [0.1, 0.15) is 5.82 Å². The third-order valence-corrected chi connectivity index (χ3v) is 5.36. The first-order valence-electron chi connectivity index (χ1n) is 6.25. The number of sulfonamides is 1. The van der Waals surface area contributed by atoms with Crippen molar-refractivity contribution in [1.82, 2.24) is 9.29 Å². The van der Waals surface area contributed by atoms with Gasteiger partial charge in [-0.15, -0.1) is 0 Å². The van der Waals surface area contributed by atoms with E-state index < -0.39 is 10.0 Å². The Morgan fingerprint density at radius 3 is 2.89 bits per heavy atom. The van der Waals surface area contributed by atoms with Crippen LogP contribution in [-0.2, 0) is 10.0 Å². The topological polar surface area (TPSA) is 76.3 Å². The van der Waals surface area contributed by atoms with E-state index in [-0.39, 0.29) is 16.8 Å². The first-order valence-corrected chi connectivity index (χ1v) is 7.69. The second-order valence-electron chi connectivity index (χ2n) is 4.73. The summed E-state index contributed by atoms with van der Waals surface area (Å²) in [4.78, 5) is 4.07. The first-order chi connectivity index (χ1) is 8.51. The fraction of sp³-hybridized carbons (Fsp3) is 0.583. The highest BCUT2D eigenvalue weighted by atomic mass is 32.2. The van der Waals surface area contributed by atoms with Crippen molar-refractivity contribution in [3.8, 4) is 0 Å². The predicted molar refractivity (Wildman–Crippen MR) is 70.5 cm³/mol. The van der Waals surface area contributed by atoms with E-state index in [4.69, 9.17) is 5.73 Å². The van der Waals surface area contributed by atoms with E-state index in [0.717, 1.165) is 25.7 Å². The van der Waals surface area contributed by atoms with Crippen LogP contribution < -0.4 is 5.73 Å². The van der Waals surface area contributed by atoms with Crippen LogP contribution in [0.3, 0.4) is 0 Å². The molecule has 1 aliphatic heterocycles. The summed E-state index contributed by atoms with van der Waals surface area (Å²) in [6.07, 6.45) is 5.45. The lowest BCUT2D eigenvalue weighted by Gasteiger charge is -2.26. The largest absolute Gasteiger partial charge is 0.384 e. The van der Waals surface area contributed by atoms with Crippen molar-refractivity contribution >= 4 is 15.8 Å². The van der Waals surface area contributed by atoms with Crippen LogP contribution in [0.4, 0.5) is 5.82 Å². The second-order valence-corrected chi connectivity index (χ2v) is 6.62. The van der Waals surface area contributed by atoms with E-state index in [1.54, 1.807) is 4.31 Å². The SMILES string of the molecule is CC1CCCCCN1S(=O)(=O)c1ccnc(N)c1. The summed E-state index contributed by atoms with van der Waals surface area (Å²) in [6, 6.07) is 2.97. The van der Waals surface area contributed by atoms with Crippen molar-refractivity contribution in [1.29, 1.82) is 0 Å². The van der Waals surface area contributed by atoms with Crippen LogP contribution in [0.15, 0.2) is 23.2 Å². The van der Waals surface area contributed by atoms with Crippen LogP contribution in [0.5, 0.6) is 0 Å². The van der Waals surface area contributed by atoms with Crippen molar-refractivity contribution in [3.63, 3.8) is 0 Å². The normalized spacial score (nSPS) is 22.6. The zero-order chi connectivity index (χ0) is 13.2. The molecule has 0 spiro atoms. The molecule has 1 unspecified atom stereocenters. The van der Waals surface area contributed by atoms with Gasteiger partial charge in [-0.1, -0.05) is 12.8 Å². The van der Waals surface area contributed by atoms with E-state index in [0.29, 0.717) is 6.54 Å². The molecule has 1 fully saturated rings. The smallest absolute Gasteiger partial charge is 0.243 e. The number of hydrogen-bond donors (Lipinski definition) is 1. The highest BCUT2D eigenvalue weighted by Crippen LogP contribution is 2.24. The number of aromatic nitrogens is 1. The van der Waals surface area contributed by atoms with Gasteiger partial charge < -0.3 is 5.73 Å². The summed E-state index contributed by atoms with van der Waals surface area (Å²) in [5, 5.41) is 0. The van der Waals surface area contributed by atoms with Crippen molar-refractivity contribution in [2.45, 2.75) is 43.5 Å². The summed E-state index contributed by atoms with van der Waals surface area (Å²) in [5.74, 6) is 0.235. The van der Waals surface area contributed by atoms with Crippen LogP contribution in [0, 0.1) is 0 Å². The Morgan fingerprint density at radius 2 is 2.17 bits per heavy atom. The monoisotopic (exact) mass is 269 g/mol. The molecule has 0 aliphatic carbocycles. The van der Waals surface area contributed by atoms with Crippen LogP contribution in [-0.4, -0.2) is 30.3 Å². The number of anilines is 1. The van der Waals surface area contributed by atoms with Gasteiger partial charge in [0, 0.05) is 24.8 Å². The molecule has 0 radical (unpaired) electrons. The molecule has 1 aromatic rings. The molecule has 1 aromatic heterocycles. The van der Waals surface area contributed by atoms with E-state index >= 15 is 0 Å². The summed E-state index contributed by atoms with van der Waals surface area (Å²) in [5.41, 5.74) is 5.56.